The van der Waals surface area contributed by atoms with E-state index in [4.69, 9.17) is 11.6 Å². The van der Waals surface area contributed by atoms with Crippen molar-refractivity contribution in [3.63, 3.8) is 0 Å². The largest absolute Gasteiger partial charge is 0.506 e. The molecule has 1 saturated carbocycles. The summed E-state index contributed by atoms with van der Waals surface area (Å²) in [6.07, 6.45) is 2.26. The smallest absolute Gasteiger partial charge is 0.138 e. The van der Waals surface area contributed by atoms with Crippen molar-refractivity contribution in [3.8, 4) is 5.75 Å². The van der Waals surface area contributed by atoms with Crippen molar-refractivity contribution in [2.24, 2.45) is 0 Å². The SMILES string of the molecule is Oc1cc2ccc(Cl)cc2nc1C1CC1. The van der Waals surface area contributed by atoms with Gasteiger partial charge in [0, 0.05) is 16.3 Å². The van der Waals surface area contributed by atoms with Crippen LogP contribution in [0.25, 0.3) is 10.9 Å². The van der Waals surface area contributed by atoms with Crippen LogP contribution in [0, 0.1) is 0 Å². The second kappa shape index (κ2) is 3.11. The van der Waals surface area contributed by atoms with Crippen LogP contribution in [0.15, 0.2) is 24.3 Å². The van der Waals surface area contributed by atoms with E-state index in [-0.39, 0.29) is 0 Å². The first-order chi connectivity index (χ1) is 7.24. The number of aromatic hydroxyl groups is 1. The fraction of sp³-hybridized carbons (Fsp3) is 0.250. The monoisotopic (exact) mass is 219 g/mol. The maximum atomic E-state index is 9.79. The van der Waals surface area contributed by atoms with E-state index in [1.54, 1.807) is 6.07 Å². The standard InChI is InChI=1S/C12H10ClNO/c13-9-4-3-8-5-11(15)12(7-1-2-7)14-10(8)6-9/h3-7,15H,1-2H2. The summed E-state index contributed by atoms with van der Waals surface area (Å²) in [4.78, 5) is 4.46. The van der Waals surface area contributed by atoms with Gasteiger partial charge in [-0.3, -0.25) is 0 Å². The van der Waals surface area contributed by atoms with Gasteiger partial charge in [0.25, 0.3) is 0 Å². The Morgan fingerprint density at radius 3 is 2.80 bits per heavy atom. The molecule has 3 rings (SSSR count). The molecule has 0 saturated heterocycles. The fourth-order valence-corrected chi connectivity index (χ4v) is 1.97. The summed E-state index contributed by atoms with van der Waals surface area (Å²) in [5, 5.41) is 11.4. The molecule has 0 amide bonds. The van der Waals surface area contributed by atoms with Crippen LogP contribution >= 0.6 is 11.6 Å². The summed E-state index contributed by atoms with van der Waals surface area (Å²) in [7, 11) is 0. The zero-order valence-corrected chi connectivity index (χ0v) is 8.83. The summed E-state index contributed by atoms with van der Waals surface area (Å²) >= 11 is 5.90. The van der Waals surface area contributed by atoms with E-state index in [1.807, 2.05) is 18.2 Å². The van der Waals surface area contributed by atoms with E-state index in [9.17, 15) is 5.11 Å². The summed E-state index contributed by atoms with van der Waals surface area (Å²) in [5.74, 6) is 0.765. The van der Waals surface area contributed by atoms with Crippen LogP contribution in [0.5, 0.6) is 5.75 Å². The number of nitrogens with zero attached hydrogens (tertiary/aromatic N) is 1. The van der Waals surface area contributed by atoms with Crippen molar-refractivity contribution in [1.82, 2.24) is 4.98 Å². The lowest BCUT2D eigenvalue weighted by Crippen LogP contribution is -1.88. The summed E-state index contributed by atoms with van der Waals surface area (Å²) in [5.41, 5.74) is 1.69. The zero-order chi connectivity index (χ0) is 10.4. The molecular formula is C12H10ClNO. The molecule has 0 bridgehead atoms. The average Bonchev–Trinajstić information content (AvgIpc) is 3.01. The number of fused-ring (bicyclic) bond motifs is 1. The minimum Gasteiger partial charge on any atom is -0.506 e. The first-order valence-electron chi connectivity index (χ1n) is 5.03. The normalized spacial score (nSPS) is 15.8. The Morgan fingerprint density at radius 2 is 2.07 bits per heavy atom. The molecule has 0 unspecified atom stereocenters. The molecule has 2 nitrogen and oxygen atoms in total. The predicted molar refractivity (Wildman–Crippen MR) is 60.4 cm³/mol. The predicted octanol–water partition coefficient (Wildman–Crippen LogP) is 3.47. The van der Waals surface area contributed by atoms with Crippen LogP contribution < -0.4 is 0 Å². The molecule has 1 fully saturated rings. The molecule has 1 aromatic heterocycles. The number of halogens is 1. The first kappa shape index (κ1) is 8.98. The van der Waals surface area contributed by atoms with E-state index < -0.39 is 0 Å². The van der Waals surface area contributed by atoms with Crippen molar-refractivity contribution in [2.75, 3.05) is 0 Å². The van der Waals surface area contributed by atoms with Gasteiger partial charge in [-0.1, -0.05) is 17.7 Å². The van der Waals surface area contributed by atoms with E-state index >= 15 is 0 Å². The van der Waals surface area contributed by atoms with Gasteiger partial charge < -0.3 is 5.11 Å². The Kier molecular flexibility index (Phi) is 1.86. The lowest BCUT2D eigenvalue weighted by molar-refractivity contribution is 0.465. The van der Waals surface area contributed by atoms with Gasteiger partial charge in [0.2, 0.25) is 0 Å². The van der Waals surface area contributed by atoms with Crippen LogP contribution in [-0.4, -0.2) is 10.1 Å². The minimum absolute atomic E-state index is 0.312. The van der Waals surface area contributed by atoms with Crippen LogP contribution in [0.2, 0.25) is 5.02 Å². The second-order valence-electron chi connectivity index (χ2n) is 4.00. The van der Waals surface area contributed by atoms with Gasteiger partial charge >= 0.3 is 0 Å². The highest BCUT2D eigenvalue weighted by Crippen LogP contribution is 2.43. The molecule has 1 aliphatic rings. The molecule has 2 aromatic rings. The minimum atomic E-state index is 0.312. The number of pyridine rings is 1. The molecular weight excluding hydrogens is 210 g/mol. The third kappa shape index (κ3) is 1.55. The summed E-state index contributed by atoms with van der Waals surface area (Å²) in [6, 6.07) is 7.29. The molecule has 15 heavy (non-hydrogen) atoms. The van der Waals surface area contributed by atoms with Crippen LogP contribution in [0.3, 0.4) is 0 Å². The molecule has 0 aliphatic heterocycles. The summed E-state index contributed by atoms with van der Waals surface area (Å²) < 4.78 is 0. The second-order valence-corrected chi connectivity index (χ2v) is 4.44. The summed E-state index contributed by atoms with van der Waals surface area (Å²) in [6.45, 7) is 0. The van der Waals surface area contributed by atoms with Gasteiger partial charge in [0.1, 0.15) is 5.75 Å². The van der Waals surface area contributed by atoms with Crippen LogP contribution in [0.1, 0.15) is 24.5 Å². The number of hydrogen-bond acceptors (Lipinski definition) is 2. The van der Waals surface area contributed by atoms with Crippen molar-refractivity contribution < 1.29 is 5.11 Å². The Hall–Kier alpha value is -1.28. The molecule has 1 heterocycles. The molecule has 1 aliphatic carbocycles. The van der Waals surface area contributed by atoms with Gasteiger partial charge in [-0.2, -0.15) is 0 Å². The van der Waals surface area contributed by atoms with Gasteiger partial charge in [0.15, 0.2) is 0 Å². The molecule has 0 spiro atoms. The number of aromatic nitrogens is 1. The van der Waals surface area contributed by atoms with E-state index in [0.29, 0.717) is 16.7 Å². The lowest BCUT2D eigenvalue weighted by atomic mass is 10.1. The molecule has 1 aromatic carbocycles. The van der Waals surface area contributed by atoms with Crippen LogP contribution in [-0.2, 0) is 0 Å². The highest BCUT2D eigenvalue weighted by atomic mass is 35.5. The molecule has 0 radical (unpaired) electrons. The van der Waals surface area contributed by atoms with E-state index in [2.05, 4.69) is 4.98 Å². The third-order valence-corrected chi connectivity index (χ3v) is 2.99. The molecule has 1 N–H and O–H groups in total. The van der Waals surface area contributed by atoms with Crippen molar-refractivity contribution in [2.45, 2.75) is 18.8 Å². The number of rotatable bonds is 1. The highest BCUT2D eigenvalue weighted by molar-refractivity contribution is 6.31. The Balaban J connectivity index is 2.25. The maximum absolute atomic E-state index is 9.79. The van der Waals surface area contributed by atoms with Crippen molar-refractivity contribution in [3.05, 3.63) is 35.0 Å². The lowest BCUT2D eigenvalue weighted by Gasteiger charge is -2.04. The Morgan fingerprint density at radius 1 is 1.27 bits per heavy atom. The van der Waals surface area contributed by atoms with Crippen molar-refractivity contribution >= 4 is 22.5 Å². The molecule has 76 valence electrons. The first-order valence-corrected chi connectivity index (χ1v) is 5.41. The quantitative estimate of drug-likeness (QED) is 0.797. The van der Waals surface area contributed by atoms with Gasteiger partial charge in [0.05, 0.1) is 11.2 Å². The average molecular weight is 220 g/mol. The molecule has 0 atom stereocenters. The topological polar surface area (TPSA) is 33.1 Å². The van der Waals surface area contributed by atoms with Gasteiger partial charge in [-0.05, 0) is 31.0 Å². The number of hydrogen-bond donors (Lipinski definition) is 1. The fourth-order valence-electron chi connectivity index (χ4n) is 1.80. The van der Waals surface area contributed by atoms with Gasteiger partial charge in [-0.25, -0.2) is 4.98 Å². The zero-order valence-electron chi connectivity index (χ0n) is 8.07. The van der Waals surface area contributed by atoms with Gasteiger partial charge in [-0.15, -0.1) is 0 Å². The Labute approximate surface area is 92.5 Å². The maximum Gasteiger partial charge on any atom is 0.138 e. The van der Waals surface area contributed by atoms with E-state index in [0.717, 1.165) is 29.4 Å². The third-order valence-electron chi connectivity index (χ3n) is 2.75. The van der Waals surface area contributed by atoms with Crippen molar-refractivity contribution in [1.29, 1.82) is 0 Å². The van der Waals surface area contributed by atoms with Crippen LogP contribution in [0.4, 0.5) is 0 Å². The van der Waals surface area contributed by atoms with E-state index in [1.165, 1.54) is 0 Å². The number of benzene rings is 1. The molecule has 3 heteroatoms. The Bertz CT molecular complexity index is 534. The highest BCUT2D eigenvalue weighted by Gasteiger charge is 2.28.